The lowest BCUT2D eigenvalue weighted by atomic mass is 10.0. The maximum Gasteiger partial charge on any atom is 0.324 e. The van der Waals surface area contributed by atoms with Crippen LogP contribution >= 0.6 is 0 Å². The van der Waals surface area contributed by atoms with E-state index in [1.54, 1.807) is 0 Å². The van der Waals surface area contributed by atoms with Crippen molar-refractivity contribution in [2.45, 2.75) is 129 Å². The molecule has 0 aliphatic heterocycles. The van der Waals surface area contributed by atoms with Gasteiger partial charge in [0.1, 0.15) is 0 Å². The molecule has 0 rings (SSSR count). The van der Waals surface area contributed by atoms with E-state index in [-0.39, 0.29) is 5.97 Å². The molecule has 0 aromatic rings. The Balaban J connectivity index is 2.99. The Bertz CT molecular complexity index is 256. The Morgan fingerprint density at radius 2 is 0.875 bits per heavy atom. The summed E-state index contributed by atoms with van der Waals surface area (Å²) in [5.41, 5.74) is 0. The Morgan fingerprint density at radius 1 is 0.583 bits per heavy atom. The maximum absolute atomic E-state index is 10.8. The van der Waals surface area contributed by atoms with Gasteiger partial charge in [0.05, 0.1) is 0 Å². The topological polar surface area (TPSA) is 52.3 Å². The molecule has 24 heavy (non-hydrogen) atoms. The predicted octanol–water partition coefficient (Wildman–Crippen LogP) is 6.84. The molecule has 2 N–H and O–H groups in total. The van der Waals surface area contributed by atoms with Crippen LogP contribution in [0.4, 0.5) is 0 Å². The van der Waals surface area contributed by atoms with Crippen molar-refractivity contribution in [1.82, 2.24) is 0 Å². The van der Waals surface area contributed by atoms with E-state index in [2.05, 4.69) is 11.8 Å². The molecule has 0 unspecified atom stereocenters. The lowest BCUT2D eigenvalue weighted by molar-refractivity contribution is -0.144. The summed E-state index contributed by atoms with van der Waals surface area (Å²) >= 11 is 0. The molecule has 3 heteroatoms. The Kier molecular flexibility index (Phi) is 20.0. The summed E-state index contributed by atoms with van der Waals surface area (Å²) in [5.74, 6) is 4.51. The molecule has 0 spiro atoms. The van der Waals surface area contributed by atoms with Crippen LogP contribution in [0.25, 0.3) is 0 Å². The third-order valence-corrected chi connectivity index (χ3v) is 4.87. The average molecular weight is 342 g/mol. The summed E-state index contributed by atoms with van der Waals surface area (Å²) in [4.78, 5) is 15.0. The van der Waals surface area contributed by atoms with Crippen molar-refractivity contribution in [2.75, 3.05) is 0 Å². The fourth-order valence-electron chi connectivity index (χ4n) is 3.23. The molecule has 3 nitrogen and oxygen atoms in total. The molecule has 0 atom stereocenters. The molecule has 0 fully saturated rings. The first-order chi connectivity index (χ1) is 11.8. The van der Waals surface area contributed by atoms with E-state index in [0.29, 0.717) is 6.42 Å². The maximum atomic E-state index is 10.8. The Labute approximate surface area is 151 Å². The summed E-state index contributed by atoms with van der Waals surface area (Å²) in [5, 5.41) is 0. The van der Waals surface area contributed by atoms with Gasteiger partial charge in [0.15, 0.2) is 0 Å². The van der Waals surface area contributed by atoms with Crippen LogP contribution in [0.3, 0.4) is 0 Å². The van der Waals surface area contributed by atoms with Crippen molar-refractivity contribution in [1.29, 1.82) is 0 Å². The summed E-state index contributed by atoms with van der Waals surface area (Å²) < 4.78 is 0. The van der Waals surface area contributed by atoms with E-state index in [4.69, 9.17) is 5.90 Å². The second-order valence-electron chi connectivity index (χ2n) is 7.25. The highest BCUT2D eigenvalue weighted by Crippen LogP contribution is 2.14. The van der Waals surface area contributed by atoms with Gasteiger partial charge in [-0.25, -0.2) is 0 Å². The largest absolute Gasteiger partial charge is 0.373 e. The van der Waals surface area contributed by atoms with E-state index in [9.17, 15) is 4.79 Å². The number of carbonyl (C=O) groups is 1. The fraction of sp³-hybridized carbons (Fsp3) is 0.952. The lowest BCUT2D eigenvalue weighted by Gasteiger charge is -2.03. The van der Waals surface area contributed by atoms with Crippen LogP contribution in [0.5, 0.6) is 0 Å². The second-order valence-corrected chi connectivity index (χ2v) is 7.25. The van der Waals surface area contributed by atoms with Gasteiger partial charge < -0.3 is 4.84 Å². The van der Waals surface area contributed by atoms with Crippen LogP contribution in [-0.2, 0) is 9.63 Å². The van der Waals surface area contributed by atoms with Gasteiger partial charge in [-0.05, 0) is 6.42 Å². The van der Waals surface area contributed by atoms with E-state index in [0.717, 1.165) is 12.8 Å². The molecule has 0 aliphatic rings. The van der Waals surface area contributed by atoms with Crippen molar-refractivity contribution < 1.29 is 9.63 Å². The smallest absolute Gasteiger partial charge is 0.324 e. The molecule has 0 bridgehead atoms. The van der Waals surface area contributed by atoms with Crippen molar-refractivity contribution in [3.05, 3.63) is 0 Å². The monoisotopic (exact) mass is 341 g/mol. The van der Waals surface area contributed by atoms with Crippen molar-refractivity contribution in [2.24, 2.45) is 5.90 Å². The van der Waals surface area contributed by atoms with Crippen LogP contribution in [0.1, 0.15) is 129 Å². The van der Waals surface area contributed by atoms with E-state index >= 15 is 0 Å². The fourth-order valence-corrected chi connectivity index (χ4v) is 3.23. The number of unbranched alkanes of at least 4 members (excludes halogenated alkanes) is 17. The SMILES string of the molecule is CCCCCCCCCCCCCCCCCCCCC(=O)ON. The first-order valence-electron chi connectivity index (χ1n) is 10.7. The molecule has 144 valence electrons. The second kappa shape index (κ2) is 20.5. The summed E-state index contributed by atoms with van der Waals surface area (Å²) in [6.07, 6.45) is 24.9. The molecule has 0 amide bonds. The van der Waals surface area contributed by atoms with E-state index < -0.39 is 0 Å². The third kappa shape index (κ3) is 19.5. The minimum atomic E-state index is -0.286. The van der Waals surface area contributed by atoms with Gasteiger partial charge in [-0.2, -0.15) is 5.90 Å². The van der Waals surface area contributed by atoms with Gasteiger partial charge in [0, 0.05) is 6.42 Å². The molecule has 0 saturated heterocycles. The summed E-state index contributed by atoms with van der Waals surface area (Å²) in [6, 6.07) is 0. The minimum absolute atomic E-state index is 0.286. The number of carbonyl (C=O) groups excluding carboxylic acids is 1. The summed E-state index contributed by atoms with van der Waals surface area (Å²) in [7, 11) is 0. The standard InChI is InChI=1S/C21H43NO2/c1-2-3-4-5-6-7-8-9-10-11-12-13-14-15-16-17-18-19-20-21(23)24-22/h2-20,22H2,1H3. The van der Waals surface area contributed by atoms with Gasteiger partial charge in [0.25, 0.3) is 0 Å². The van der Waals surface area contributed by atoms with E-state index in [1.807, 2.05) is 0 Å². The van der Waals surface area contributed by atoms with Crippen LogP contribution in [-0.4, -0.2) is 5.97 Å². The molecule has 0 aliphatic carbocycles. The Morgan fingerprint density at radius 3 is 1.17 bits per heavy atom. The first-order valence-corrected chi connectivity index (χ1v) is 10.7. The minimum Gasteiger partial charge on any atom is -0.373 e. The predicted molar refractivity (Wildman–Crippen MR) is 104 cm³/mol. The van der Waals surface area contributed by atoms with Crippen LogP contribution in [0.15, 0.2) is 0 Å². The van der Waals surface area contributed by atoms with E-state index in [1.165, 1.54) is 103 Å². The van der Waals surface area contributed by atoms with Crippen molar-refractivity contribution in [3.8, 4) is 0 Å². The molecular weight excluding hydrogens is 298 g/mol. The molecular formula is C21H43NO2. The third-order valence-electron chi connectivity index (χ3n) is 4.87. The zero-order valence-corrected chi connectivity index (χ0v) is 16.3. The molecule has 0 aromatic heterocycles. The Hall–Kier alpha value is -0.570. The van der Waals surface area contributed by atoms with Crippen molar-refractivity contribution in [3.63, 3.8) is 0 Å². The zero-order chi connectivity index (χ0) is 17.7. The van der Waals surface area contributed by atoms with Gasteiger partial charge in [0.2, 0.25) is 0 Å². The first kappa shape index (κ1) is 23.4. The average Bonchev–Trinajstić information content (AvgIpc) is 2.60. The molecule has 0 heterocycles. The number of hydrogen-bond donors (Lipinski definition) is 1. The highest BCUT2D eigenvalue weighted by Gasteiger charge is 1.99. The lowest BCUT2D eigenvalue weighted by Crippen LogP contribution is -2.08. The number of nitrogens with two attached hydrogens (primary N) is 1. The highest BCUT2D eigenvalue weighted by atomic mass is 16.7. The summed E-state index contributed by atoms with van der Waals surface area (Å²) in [6.45, 7) is 2.28. The zero-order valence-electron chi connectivity index (χ0n) is 16.3. The van der Waals surface area contributed by atoms with Crippen LogP contribution in [0.2, 0.25) is 0 Å². The highest BCUT2D eigenvalue weighted by molar-refractivity contribution is 5.68. The molecule has 0 radical (unpaired) electrons. The van der Waals surface area contributed by atoms with Crippen LogP contribution in [0, 0.1) is 0 Å². The van der Waals surface area contributed by atoms with Gasteiger partial charge in [-0.15, -0.1) is 0 Å². The van der Waals surface area contributed by atoms with Gasteiger partial charge >= 0.3 is 5.97 Å². The van der Waals surface area contributed by atoms with Crippen molar-refractivity contribution >= 4 is 5.97 Å². The van der Waals surface area contributed by atoms with Gasteiger partial charge in [-0.3, -0.25) is 4.79 Å². The molecule has 0 saturated carbocycles. The van der Waals surface area contributed by atoms with Crippen LogP contribution < -0.4 is 5.90 Å². The normalized spacial score (nSPS) is 10.9. The molecule has 0 aromatic carbocycles. The quantitative estimate of drug-likeness (QED) is 0.207. The number of hydrogen-bond acceptors (Lipinski definition) is 3. The van der Waals surface area contributed by atoms with Gasteiger partial charge in [-0.1, -0.05) is 116 Å². The number of rotatable bonds is 19.